The maximum absolute atomic E-state index is 14.0. The first-order chi connectivity index (χ1) is 14.1. The largest absolute Gasteiger partial charge is 0.473 e. The van der Waals surface area contributed by atoms with Crippen molar-refractivity contribution in [2.45, 2.75) is 19.4 Å². The summed E-state index contributed by atoms with van der Waals surface area (Å²) in [6.45, 7) is 0.00402. The van der Waals surface area contributed by atoms with Crippen molar-refractivity contribution >= 4 is 5.97 Å². The van der Waals surface area contributed by atoms with Gasteiger partial charge < -0.3 is 9.47 Å². The molecule has 6 heteroatoms. The molecule has 144 valence electrons. The van der Waals surface area contributed by atoms with Crippen molar-refractivity contribution in [3.8, 4) is 29.0 Å². The molecule has 0 saturated heterocycles. The lowest BCUT2D eigenvalue weighted by Crippen LogP contribution is -2.09. The maximum Gasteiger partial charge on any atom is 0.314 e. The number of nitriles is 1. The van der Waals surface area contributed by atoms with Gasteiger partial charge >= 0.3 is 5.97 Å². The molecule has 1 fully saturated rings. The highest BCUT2D eigenvalue weighted by Crippen LogP contribution is 2.31. The molecule has 0 aliphatic heterocycles. The van der Waals surface area contributed by atoms with Crippen LogP contribution in [0.25, 0.3) is 11.3 Å². The summed E-state index contributed by atoms with van der Waals surface area (Å²) < 4.78 is 24.9. The van der Waals surface area contributed by atoms with Gasteiger partial charge in [0.25, 0.3) is 0 Å². The predicted molar refractivity (Wildman–Crippen MR) is 103 cm³/mol. The van der Waals surface area contributed by atoms with Crippen molar-refractivity contribution in [3.63, 3.8) is 0 Å². The molecule has 0 spiro atoms. The van der Waals surface area contributed by atoms with E-state index in [1.54, 1.807) is 30.3 Å². The van der Waals surface area contributed by atoms with Crippen LogP contribution < -0.4 is 9.47 Å². The summed E-state index contributed by atoms with van der Waals surface area (Å²) in [5, 5.41) is 8.80. The first-order valence-corrected chi connectivity index (χ1v) is 9.23. The Morgan fingerprint density at radius 3 is 2.62 bits per heavy atom. The number of nitrogens with zero attached hydrogens (tertiary/aromatic N) is 2. The molecule has 0 amide bonds. The maximum atomic E-state index is 14.0. The molecule has 5 nitrogen and oxygen atoms in total. The summed E-state index contributed by atoms with van der Waals surface area (Å²) >= 11 is 0. The number of hydrogen-bond acceptors (Lipinski definition) is 5. The van der Waals surface area contributed by atoms with Crippen LogP contribution in [0.1, 0.15) is 24.0 Å². The second-order valence-electron chi connectivity index (χ2n) is 6.79. The van der Waals surface area contributed by atoms with Gasteiger partial charge in [-0.15, -0.1) is 0 Å². The zero-order valence-electron chi connectivity index (χ0n) is 15.5. The normalized spacial score (nSPS) is 12.8. The van der Waals surface area contributed by atoms with E-state index < -0.39 is 5.82 Å². The van der Waals surface area contributed by atoms with Gasteiger partial charge in [0.05, 0.1) is 23.2 Å². The number of carbonyl (C=O) groups excluding carboxylic acids is 1. The fourth-order valence-electron chi connectivity index (χ4n) is 2.75. The molecule has 0 N–H and O–H groups in total. The third kappa shape index (κ3) is 4.58. The van der Waals surface area contributed by atoms with Gasteiger partial charge in [0.1, 0.15) is 18.2 Å². The summed E-state index contributed by atoms with van der Waals surface area (Å²) in [4.78, 5) is 16.2. The zero-order chi connectivity index (χ0) is 20.2. The van der Waals surface area contributed by atoms with Crippen LogP contribution in [0.3, 0.4) is 0 Å². The fourth-order valence-corrected chi connectivity index (χ4v) is 2.75. The van der Waals surface area contributed by atoms with E-state index in [0.717, 1.165) is 18.4 Å². The Labute approximate surface area is 167 Å². The monoisotopic (exact) mass is 388 g/mol. The summed E-state index contributed by atoms with van der Waals surface area (Å²) in [5.74, 6) is 0.244. The Kier molecular flexibility index (Phi) is 5.21. The second kappa shape index (κ2) is 8.11. The highest BCUT2D eigenvalue weighted by atomic mass is 19.1. The number of esters is 1. The van der Waals surface area contributed by atoms with Crippen molar-refractivity contribution in [2.24, 2.45) is 5.92 Å². The molecule has 1 aromatic heterocycles. The van der Waals surface area contributed by atoms with E-state index in [9.17, 15) is 9.18 Å². The number of ether oxygens (including phenoxy) is 2. The number of pyridine rings is 1. The van der Waals surface area contributed by atoms with E-state index in [1.165, 1.54) is 12.1 Å². The molecule has 0 bridgehead atoms. The predicted octanol–water partition coefficient (Wildman–Crippen LogP) is 4.65. The van der Waals surface area contributed by atoms with E-state index >= 15 is 0 Å². The molecular weight excluding hydrogens is 371 g/mol. The number of halogens is 1. The van der Waals surface area contributed by atoms with E-state index in [2.05, 4.69) is 4.98 Å². The molecule has 2 aromatic carbocycles. The second-order valence-corrected chi connectivity index (χ2v) is 6.79. The zero-order valence-corrected chi connectivity index (χ0v) is 15.5. The lowest BCUT2D eigenvalue weighted by atomic mass is 10.1. The van der Waals surface area contributed by atoms with Gasteiger partial charge in [0.15, 0.2) is 0 Å². The quantitative estimate of drug-likeness (QED) is 0.454. The molecule has 4 rings (SSSR count). The Morgan fingerprint density at radius 2 is 1.93 bits per heavy atom. The number of hydrogen-bond donors (Lipinski definition) is 0. The Morgan fingerprint density at radius 1 is 1.14 bits per heavy atom. The van der Waals surface area contributed by atoms with Crippen molar-refractivity contribution in [2.75, 3.05) is 0 Å². The average Bonchev–Trinajstić information content (AvgIpc) is 3.59. The molecule has 3 aromatic rings. The molecule has 0 unspecified atom stereocenters. The van der Waals surface area contributed by atoms with E-state index in [4.69, 9.17) is 14.7 Å². The molecule has 1 aliphatic rings. The molecule has 0 radical (unpaired) electrons. The van der Waals surface area contributed by atoms with Crippen LogP contribution in [-0.2, 0) is 11.4 Å². The molecule has 1 heterocycles. The number of rotatable bonds is 6. The van der Waals surface area contributed by atoms with E-state index in [-0.39, 0.29) is 24.1 Å². The lowest BCUT2D eigenvalue weighted by molar-refractivity contribution is -0.135. The molecule has 1 aliphatic carbocycles. The minimum absolute atomic E-state index is 0.00402. The highest BCUT2D eigenvalue weighted by molar-refractivity contribution is 5.77. The Balaban J connectivity index is 1.43. The molecule has 0 atom stereocenters. The van der Waals surface area contributed by atoms with Crippen molar-refractivity contribution in [1.29, 1.82) is 5.26 Å². The van der Waals surface area contributed by atoms with Gasteiger partial charge in [-0.1, -0.05) is 12.1 Å². The topological polar surface area (TPSA) is 72.2 Å². The third-order valence-electron chi connectivity index (χ3n) is 4.56. The van der Waals surface area contributed by atoms with Gasteiger partial charge in [0.2, 0.25) is 5.88 Å². The average molecular weight is 388 g/mol. The van der Waals surface area contributed by atoms with Crippen molar-refractivity contribution < 1.29 is 18.7 Å². The van der Waals surface area contributed by atoms with Crippen LogP contribution in [0, 0.1) is 23.1 Å². The van der Waals surface area contributed by atoms with Gasteiger partial charge in [-0.25, -0.2) is 9.37 Å². The van der Waals surface area contributed by atoms with Gasteiger partial charge in [0, 0.05) is 17.2 Å². The van der Waals surface area contributed by atoms with Gasteiger partial charge in [-0.3, -0.25) is 4.79 Å². The van der Waals surface area contributed by atoms with Gasteiger partial charge in [-0.05, 0) is 55.3 Å². The Hall–Kier alpha value is -3.72. The SMILES string of the molecule is N#Cc1ccc(COc2cccc(-c3ccc(OC(=O)C4CC4)cc3)n2)c(F)c1. The van der Waals surface area contributed by atoms with Crippen molar-refractivity contribution in [1.82, 2.24) is 4.98 Å². The summed E-state index contributed by atoms with van der Waals surface area (Å²) in [6, 6.07) is 18.6. The first kappa shape index (κ1) is 18.6. The van der Waals surface area contributed by atoms with Crippen LogP contribution >= 0.6 is 0 Å². The lowest BCUT2D eigenvalue weighted by Gasteiger charge is -2.09. The number of benzene rings is 2. The standard InChI is InChI=1S/C23H17FN2O3/c24-20-12-15(13-25)4-5-18(20)14-28-22-3-1-2-21(26-22)16-8-10-19(11-9-16)29-23(27)17-6-7-17/h1-5,8-12,17H,6-7,14H2. The number of aromatic nitrogens is 1. The van der Waals surface area contributed by atoms with Crippen molar-refractivity contribution in [3.05, 3.63) is 77.6 Å². The van der Waals surface area contributed by atoms with Gasteiger partial charge in [-0.2, -0.15) is 5.26 Å². The van der Waals surface area contributed by atoms with E-state index in [1.807, 2.05) is 24.3 Å². The van der Waals surface area contributed by atoms with Crippen LogP contribution in [0.15, 0.2) is 60.7 Å². The summed E-state index contributed by atoms with van der Waals surface area (Å²) in [5.41, 5.74) is 2.13. The third-order valence-corrected chi connectivity index (χ3v) is 4.56. The van der Waals surface area contributed by atoms with Crippen LogP contribution in [0.2, 0.25) is 0 Å². The van der Waals surface area contributed by atoms with Crippen LogP contribution in [-0.4, -0.2) is 11.0 Å². The molecule has 29 heavy (non-hydrogen) atoms. The molecule has 1 saturated carbocycles. The van der Waals surface area contributed by atoms with Crippen LogP contribution in [0.5, 0.6) is 11.6 Å². The smallest absolute Gasteiger partial charge is 0.314 e. The highest BCUT2D eigenvalue weighted by Gasteiger charge is 2.31. The molecular formula is C23H17FN2O3. The summed E-state index contributed by atoms with van der Waals surface area (Å²) in [6.07, 6.45) is 1.81. The van der Waals surface area contributed by atoms with Crippen LogP contribution in [0.4, 0.5) is 4.39 Å². The minimum atomic E-state index is -0.489. The number of carbonyl (C=O) groups is 1. The first-order valence-electron chi connectivity index (χ1n) is 9.23. The summed E-state index contributed by atoms with van der Waals surface area (Å²) in [7, 11) is 0. The fraction of sp³-hybridized carbons (Fsp3) is 0.174. The van der Waals surface area contributed by atoms with E-state index in [0.29, 0.717) is 22.9 Å². The Bertz CT molecular complexity index is 1090. The minimum Gasteiger partial charge on any atom is -0.473 e.